The number of hydrogen-bond acceptors (Lipinski definition) is 6. The first-order chi connectivity index (χ1) is 19.6. The number of amides is 1. The van der Waals surface area contributed by atoms with Crippen molar-refractivity contribution in [2.75, 3.05) is 7.05 Å². The number of allylic oxidation sites excluding steroid dienone is 3. The summed E-state index contributed by atoms with van der Waals surface area (Å²) in [5.41, 5.74) is 4.09. The van der Waals surface area contributed by atoms with Crippen molar-refractivity contribution in [3.05, 3.63) is 47.1 Å². The van der Waals surface area contributed by atoms with Gasteiger partial charge in [0.1, 0.15) is 17.4 Å². The summed E-state index contributed by atoms with van der Waals surface area (Å²) in [6.45, 7) is 23.5. The molecule has 8 heteroatoms. The normalized spacial score (nSPS) is 23.9. The van der Waals surface area contributed by atoms with E-state index in [4.69, 9.17) is 13.9 Å². The number of carbonyl (C=O) groups is 1. The van der Waals surface area contributed by atoms with Gasteiger partial charge in [0.05, 0.1) is 6.10 Å². The summed E-state index contributed by atoms with van der Waals surface area (Å²) >= 11 is 0. The number of rotatable bonds is 11. The van der Waals surface area contributed by atoms with Gasteiger partial charge in [0.2, 0.25) is 5.91 Å². The first kappa shape index (κ1) is 33.9. The van der Waals surface area contributed by atoms with Gasteiger partial charge in [0.25, 0.3) is 0 Å². The topological polar surface area (TPSA) is 89.4 Å². The molecular formula is C34H54N2O5Si. The van der Waals surface area contributed by atoms with Crippen molar-refractivity contribution in [3.8, 4) is 11.5 Å². The minimum absolute atomic E-state index is 0.0190. The SMILES string of the molecule is C=C(C)[C@@H]1CCC(C)=C[C@H]1c1c(O)cc(CCCCC)cc1OC(=NC)OC1NC(=O)[C@@H]1[C@@H](C)O[Si](C)(C)C(C)(C)C. The van der Waals surface area contributed by atoms with Crippen LogP contribution in [0.2, 0.25) is 18.1 Å². The van der Waals surface area contributed by atoms with Crippen LogP contribution < -0.4 is 10.1 Å². The Morgan fingerprint density at radius 3 is 2.52 bits per heavy atom. The van der Waals surface area contributed by atoms with Gasteiger partial charge in [-0.3, -0.25) is 4.79 Å². The van der Waals surface area contributed by atoms with E-state index in [2.05, 4.69) is 77.6 Å². The molecule has 1 aromatic rings. The molecule has 7 nitrogen and oxygen atoms in total. The summed E-state index contributed by atoms with van der Waals surface area (Å²) in [6.07, 6.45) is 7.39. The Hall–Kier alpha value is -2.58. The lowest BCUT2D eigenvalue weighted by atomic mass is 9.73. The van der Waals surface area contributed by atoms with Crippen LogP contribution in [0.3, 0.4) is 0 Å². The van der Waals surface area contributed by atoms with Crippen molar-refractivity contribution in [2.45, 2.75) is 123 Å². The number of phenols is 1. The van der Waals surface area contributed by atoms with Gasteiger partial charge in [-0.15, -0.1) is 0 Å². The van der Waals surface area contributed by atoms with Crippen molar-refractivity contribution in [1.29, 1.82) is 0 Å². The molecule has 1 unspecified atom stereocenters. The van der Waals surface area contributed by atoms with Crippen LogP contribution in [0.15, 0.2) is 40.9 Å². The maximum atomic E-state index is 12.7. The Labute approximate surface area is 255 Å². The number of hydrogen-bond donors (Lipinski definition) is 2. The third-order valence-electron chi connectivity index (χ3n) is 9.28. The van der Waals surface area contributed by atoms with Crippen LogP contribution in [-0.4, -0.2) is 44.8 Å². The van der Waals surface area contributed by atoms with Gasteiger partial charge in [-0.25, -0.2) is 4.99 Å². The van der Waals surface area contributed by atoms with E-state index in [9.17, 15) is 9.90 Å². The average Bonchev–Trinajstić information content (AvgIpc) is 2.86. The van der Waals surface area contributed by atoms with E-state index in [1.807, 2.05) is 19.1 Å². The maximum Gasteiger partial charge on any atom is 0.390 e. The van der Waals surface area contributed by atoms with E-state index < -0.39 is 20.5 Å². The van der Waals surface area contributed by atoms with Crippen LogP contribution in [0.4, 0.5) is 0 Å². The molecule has 0 radical (unpaired) electrons. The molecule has 3 rings (SSSR count). The number of nitrogens with one attached hydrogen (secondary N) is 1. The highest BCUT2D eigenvalue weighted by atomic mass is 28.4. The summed E-state index contributed by atoms with van der Waals surface area (Å²) in [4.78, 5) is 17.0. The molecule has 0 aromatic heterocycles. The molecule has 1 fully saturated rings. The molecule has 234 valence electrons. The van der Waals surface area contributed by atoms with Crippen LogP contribution >= 0.6 is 0 Å². The van der Waals surface area contributed by atoms with Crippen molar-refractivity contribution >= 4 is 20.3 Å². The highest BCUT2D eigenvalue weighted by Crippen LogP contribution is 2.47. The summed E-state index contributed by atoms with van der Waals surface area (Å²) in [5, 5.41) is 14.3. The molecule has 42 heavy (non-hydrogen) atoms. The molecule has 1 aromatic carbocycles. The fraction of sp³-hybridized carbons (Fsp3) is 0.647. The molecule has 1 amide bonds. The summed E-state index contributed by atoms with van der Waals surface area (Å²) in [5.74, 6) is 0.247. The number of aromatic hydroxyl groups is 1. The van der Waals surface area contributed by atoms with Gasteiger partial charge in [-0.2, -0.15) is 0 Å². The number of phenolic OH excluding ortho intramolecular Hbond substituents is 1. The Morgan fingerprint density at radius 2 is 1.95 bits per heavy atom. The molecule has 0 bridgehead atoms. The Balaban J connectivity index is 1.91. The molecule has 1 aliphatic carbocycles. The Kier molecular flexibility index (Phi) is 11.1. The number of aliphatic imine (C=N–C) groups is 1. The summed E-state index contributed by atoms with van der Waals surface area (Å²) in [7, 11) is -0.490. The quantitative estimate of drug-likeness (QED) is 0.0673. The number of carbonyl (C=O) groups excluding carboxylic acids is 1. The van der Waals surface area contributed by atoms with Crippen molar-refractivity contribution < 1.29 is 23.8 Å². The molecule has 0 saturated carbocycles. The molecule has 5 atom stereocenters. The van der Waals surface area contributed by atoms with E-state index >= 15 is 0 Å². The molecule has 1 heterocycles. The van der Waals surface area contributed by atoms with Crippen molar-refractivity contribution in [1.82, 2.24) is 5.32 Å². The predicted molar refractivity (Wildman–Crippen MR) is 174 cm³/mol. The maximum absolute atomic E-state index is 12.7. The lowest BCUT2D eigenvalue weighted by Gasteiger charge is -2.44. The Bertz CT molecular complexity index is 1200. The predicted octanol–water partition coefficient (Wildman–Crippen LogP) is 8.00. The van der Waals surface area contributed by atoms with E-state index in [1.165, 1.54) is 5.57 Å². The van der Waals surface area contributed by atoms with Crippen LogP contribution in [0.25, 0.3) is 0 Å². The standard InChI is InChI=1S/C34H54N2O5Si/c1-12-13-14-15-24-19-27(37)30(26-18-22(4)16-17-25(26)21(2)3)28(20-24)39-33(35-9)40-32-29(31(38)36-32)23(5)41-42(10,11)34(6,7)8/h18-20,23,25-26,29,32,37H,2,12-17H2,1,3-11H3,(H,36,38)/t23-,25+,26-,29+,32?/m1/s1. The number of ether oxygens (including phenoxy) is 2. The molecule has 2 aliphatic rings. The van der Waals surface area contributed by atoms with Gasteiger partial charge in [0, 0.05) is 18.5 Å². The smallest absolute Gasteiger partial charge is 0.390 e. The fourth-order valence-electron chi connectivity index (χ4n) is 5.69. The second-order valence-corrected chi connectivity index (χ2v) is 18.5. The first-order valence-electron chi connectivity index (χ1n) is 15.6. The zero-order valence-electron chi connectivity index (χ0n) is 27.6. The minimum Gasteiger partial charge on any atom is -0.507 e. The average molecular weight is 599 g/mol. The first-order valence-corrected chi connectivity index (χ1v) is 18.5. The van der Waals surface area contributed by atoms with E-state index in [-0.39, 0.29) is 40.7 Å². The summed E-state index contributed by atoms with van der Waals surface area (Å²) in [6, 6.07) is 3.88. The number of nitrogens with zero attached hydrogens (tertiary/aromatic N) is 1. The number of unbranched alkanes of at least 4 members (excludes halogenated alkanes) is 2. The zero-order chi connectivity index (χ0) is 31.4. The second-order valence-electron chi connectivity index (χ2n) is 13.8. The number of β-lactam (4-membered cyclic amide) rings is 1. The van der Waals surface area contributed by atoms with Crippen LogP contribution in [-0.2, 0) is 20.4 Å². The number of benzene rings is 1. The monoisotopic (exact) mass is 598 g/mol. The lowest BCUT2D eigenvalue weighted by Crippen LogP contribution is -2.65. The van der Waals surface area contributed by atoms with Crippen molar-refractivity contribution in [2.24, 2.45) is 16.8 Å². The van der Waals surface area contributed by atoms with Crippen LogP contribution in [0.1, 0.15) is 97.6 Å². The van der Waals surface area contributed by atoms with E-state index in [0.717, 1.165) is 55.2 Å². The largest absolute Gasteiger partial charge is 0.507 e. The van der Waals surface area contributed by atoms with Gasteiger partial charge in [-0.05, 0) is 88.2 Å². The van der Waals surface area contributed by atoms with Gasteiger partial charge in [0.15, 0.2) is 14.5 Å². The highest BCUT2D eigenvalue weighted by molar-refractivity contribution is 6.74. The van der Waals surface area contributed by atoms with Gasteiger partial charge < -0.3 is 24.3 Å². The van der Waals surface area contributed by atoms with E-state index in [0.29, 0.717) is 5.75 Å². The molecule has 1 aliphatic heterocycles. The Morgan fingerprint density at radius 1 is 1.26 bits per heavy atom. The molecule has 2 N–H and O–H groups in total. The highest BCUT2D eigenvalue weighted by Gasteiger charge is 2.49. The van der Waals surface area contributed by atoms with Crippen LogP contribution in [0, 0.1) is 11.8 Å². The lowest BCUT2D eigenvalue weighted by molar-refractivity contribution is -0.153. The van der Waals surface area contributed by atoms with Gasteiger partial charge in [-0.1, -0.05) is 64.3 Å². The van der Waals surface area contributed by atoms with E-state index in [1.54, 1.807) is 7.05 Å². The van der Waals surface area contributed by atoms with Crippen LogP contribution in [0.5, 0.6) is 11.5 Å². The minimum atomic E-state index is -2.09. The molecule has 0 spiro atoms. The third-order valence-corrected chi connectivity index (χ3v) is 13.8. The van der Waals surface area contributed by atoms with Gasteiger partial charge >= 0.3 is 6.08 Å². The third kappa shape index (κ3) is 7.87. The number of aryl methyl sites for hydroxylation is 1. The molecule has 1 saturated heterocycles. The second kappa shape index (κ2) is 13.8. The molecular weight excluding hydrogens is 544 g/mol. The summed E-state index contributed by atoms with van der Waals surface area (Å²) < 4.78 is 19.1. The fourth-order valence-corrected chi connectivity index (χ4v) is 7.12. The zero-order valence-corrected chi connectivity index (χ0v) is 28.6. The van der Waals surface area contributed by atoms with Crippen molar-refractivity contribution in [3.63, 3.8) is 0 Å².